The first-order valence-electron chi connectivity index (χ1n) is 6.04. The molecule has 1 unspecified atom stereocenters. The zero-order valence-electron chi connectivity index (χ0n) is 11.1. The maximum absolute atomic E-state index is 12.6. The van der Waals surface area contributed by atoms with Gasteiger partial charge in [-0.3, -0.25) is 0 Å². The number of carbonyl (C=O) groups is 1. The van der Waals surface area contributed by atoms with E-state index in [0.29, 0.717) is 6.07 Å². The number of nitrogens with one attached hydrogen (secondary N) is 1. The number of hydrogen-bond acceptors (Lipinski definition) is 3. The highest BCUT2D eigenvalue weighted by Crippen LogP contribution is 2.32. The second kappa shape index (κ2) is 6.88. The second-order valence-corrected chi connectivity index (χ2v) is 5.59. The molecule has 1 aromatic rings. The van der Waals surface area contributed by atoms with E-state index in [1.165, 1.54) is 6.07 Å². The van der Waals surface area contributed by atoms with Crippen molar-refractivity contribution in [1.82, 2.24) is 0 Å². The van der Waals surface area contributed by atoms with Crippen molar-refractivity contribution < 1.29 is 23.1 Å². The maximum Gasteiger partial charge on any atom is 0.416 e. The minimum absolute atomic E-state index is 0.0326. The molecule has 7 heteroatoms. The van der Waals surface area contributed by atoms with Crippen molar-refractivity contribution in [2.75, 3.05) is 16.8 Å². The van der Waals surface area contributed by atoms with E-state index in [1.54, 1.807) is 11.8 Å². The average Bonchev–Trinajstić information content (AvgIpc) is 2.35. The predicted octanol–water partition coefficient (Wildman–Crippen LogP) is 3.96. The number of carboxylic acid groups (broad SMARTS) is 1. The van der Waals surface area contributed by atoms with Gasteiger partial charge in [-0.2, -0.15) is 24.9 Å². The number of hydrogen-bond donors (Lipinski definition) is 2. The summed E-state index contributed by atoms with van der Waals surface area (Å²) < 4.78 is 37.7. The molecule has 0 fully saturated rings. The summed E-state index contributed by atoms with van der Waals surface area (Å²) in [5.41, 5.74) is -1.13. The van der Waals surface area contributed by atoms with Crippen LogP contribution in [0.3, 0.4) is 0 Å². The summed E-state index contributed by atoms with van der Waals surface area (Å²) in [6.45, 7) is 3.85. The Morgan fingerprint density at radius 1 is 1.45 bits per heavy atom. The number of thioether (sulfide) groups is 1. The van der Waals surface area contributed by atoms with Gasteiger partial charge in [-0.25, -0.2) is 4.79 Å². The van der Waals surface area contributed by atoms with Crippen LogP contribution in [0.25, 0.3) is 0 Å². The fourth-order valence-electron chi connectivity index (χ4n) is 1.63. The summed E-state index contributed by atoms with van der Waals surface area (Å²) in [5.74, 6) is 0.287. The molecule has 0 saturated heterocycles. The van der Waals surface area contributed by atoms with Crippen molar-refractivity contribution in [2.24, 2.45) is 0 Å². The van der Waals surface area contributed by atoms with E-state index < -0.39 is 17.7 Å². The molecule has 0 radical (unpaired) electrons. The van der Waals surface area contributed by atoms with E-state index in [2.05, 4.69) is 5.32 Å². The van der Waals surface area contributed by atoms with Crippen LogP contribution in [0.4, 0.5) is 18.9 Å². The van der Waals surface area contributed by atoms with Crippen molar-refractivity contribution in [2.45, 2.75) is 26.1 Å². The Labute approximate surface area is 119 Å². The average molecular weight is 307 g/mol. The van der Waals surface area contributed by atoms with Crippen LogP contribution in [0.15, 0.2) is 18.2 Å². The van der Waals surface area contributed by atoms with Crippen LogP contribution in [0.5, 0.6) is 0 Å². The Kier molecular flexibility index (Phi) is 5.74. The van der Waals surface area contributed by atoms with Gasteiger partial charge < -0.3 is 10.4 Å². The molecule has 0 aliphatic rings. The van der Waals surface area contributed by atoms with Crippen LogP contribution in [0, 0.1) is 0 Å². The van der Waals surface area contributed by atoms with Gasteiger partial charge in [-0.05, 0) is 30.9 Å². The molecule has 0 spiro atoms. The zero-order valence-corrected chi connectivity index (χ0v) is 11.9. The summed E-state index contributed by atoms with van der Waals surface area (Å²) in [7, 11) is 0. The SMILES string of the molecule is CCSCC(C)Nc1ccc(C(F)(F)F)cc1C(=O)O. The Morgan fingerprint density at radius 3 is 2.60 bits per heavy atom. The minimum atomic E-state index is -4.55. The smallest absolute Gasteiger partial charge is 0.416 e. The van der Waals surface area contributed by atoms with Crippen LogP contribution < -0.4 is 5.32 Å². The molecule has 0 bridgehead atoms. The molecular weight excluding hydrogens is 291 g/mol. The normalized spacial score (nSPS) is 13.1. The van der Waals surface area contributed by atoms with E-state index in [-0.39, 0.29) is 17.3 Å². The molecular formula is C13H16F3NO2S. The number of benzene rings is 1. The van der Waals surface area contributed by atoms with Gasteiger partial charge in [0.1, 0.15) is 0 Å². The Hall–Kier alpha value is -1.37. The molecule has 0 aliphatic heterocycles. The fourth-order valence-corrected chi connectivity index (χ4v) is 2.30. The molecule has 0 heterocycles. The van der Waals surface area contributed by atoms with Crippen molar-refractivity contribution in [3.63, 3.8) is 0 Å². The number of anilines is 1. The fraction of sp³-hybridized carbons (Fsp3) is 0.462. The molecule has 1 rings (SSSR count). The molecule has 0 aromatic heterocycles. The first-order valence-corrected chi connectivity index (χ1v) is 7.20. The quantitative estimate of drug-likeness (QED) is 0.835. The van der Waals surface area contributed by atoms with Gasteiger partial charge >= 0.3 is 12.1 Å². The van der Waals surface area contributed by atoms with Gasteiger partial charge in [0.05, 0.1) is 11.1 Å². The molecule has 3 nitrogen and oxygen atoms in total. The van der Waals surface area contributed by atoms with Gasteiger partial charge in [0.2, 0.25) is 0 Å². The minimum Gasteiger partial charge on any atom is -0.478 e. The number of rotatable bonds is 6. The second-order valence-electron chi connectivity index (χ2n) is 4.27. The third-order valence-electron chi connectivity index (χ3n) is 2.55. The Morgan fingerprint density at radius 2 is 2.10 bits per heavy atom. The van der Waals surface area contributed by atoms with Crippen molar-refractivity contribution >= 4 is 23.4 Å². The highest BCUT2D eigenvalue weighted by molar-refractivity contribution is 7.99. The summed E-state index contributed by atoms with van der Waals surface area (Å²) in [5, 5.41) is 12.0. The van der Waals surface area contributed by atoms with Crippen LogP contribution in [-0.4, -0.2) is 28.6 Å². The highest BCUT2D eigenvalue weighted by atomic mass is 32.2. The largest absolute Gasteiger partial charge is 0.478 e. The van der Waals surface area contributed by atoms with E-state index in [0.717, 1.165) is 17.6 Å². The van der Waals surface area contributed by atoms with Gasteiger partial charge in [0.25, 0.3) is 0 Å². The van der Waals surface area contributed by atoms with Crippen LogP contribution in [0.2, 0.25) is 0 Å². The third-order valence-corrected chi connectivity index (χ3v) is 3.70. The lowest BCUT2D eigenvalue weighted by atomic mass is 10.1. The van der Waals surface area contributed by atoms with Crippen molar-refractivity contribution in [3.05, 3.63) is 29.3 Å². The van der Waals surface area contributed by atoms with Gasteiger partial charge in [0.15, 0.2) is 0 Å². The lowest BCUT2D eigenvalue weighted by molar-refractivity contribution is -0.137. The summed E-state index contributed by atoms with van der Waals surface area (Å²) in [4.78, 5) is 11.1. The van der Waals surface area contributed by atoms with Crippen LogP contribution in [-0.2, 0) is 6.18 Å². The van der Waals surface area contributed by atoms with Crippen LogP contribution >= 0.6 is 11.8 Å². The molecule has 0 aliphatic carbocycles. The predicted molar refractivity (Wildman–Crippen MR) is 74.5 cm³/mol. The first kappa shape index (κ1) is 16.7. The van der Waals surface area contributed by atoms with Crippen LogP contribution in [0.1, 0.15) is 29.8 Å². The molecule has 112 valence electrons. The van der Waals surface area contributed by atoms with E-state index in [4.69, 9.17) is 5.11 Å². The Bertz CT molecular complexity index is 477. The third kappa shape index (κ3) is 4.63. The van der Waals surface area contributed by atoms with E-state index in [9.17, 15) is 18.0 Å². The van der Waals surface area contributed by atoms with E-state index >= 15 is 0 Å². The number of halogens is 3. The monoisotopic (exact) mass is 307 g/mol. The van der Waals surface area contributed by atoms with Gasteiger partial charge in [0, 0.05) is 17.5 Å². The number of carboxylic acids is 1. The zero-order chi connectivity index (χ0) is 15.3. The molecule has 0 saturated carbocycles. The van der Waals surface area contributed by atoms with Crippen molar-refractivity contribution in [1.29, 1.82) is 0 Å². The molecule has 1 aromatic carbocycles. The Balaban J connectivity index is 2.99. The first-order chi connectivity index (χ1) is 9.25. The van der Waals surface area contributed by atoms with Gasteiger partial charge in [-0.1, -0.05) is 6.92 Å². The summed E-state index contributed by atoms with van der Waals surface area (Å²) >= 11 is 1.67. The number of aromatic carboxylic acids is 1. The summed E-state index contributed by atoms with van der Waals surface area (Å²) in [6.07, 6.45) is -4.55. The maximum atomic E-state index is 12.6. The molecule has 2 N–H and O–H groups in total. The molecule has 0 amide bonds. The lowest BCUT2D eigenvalue weighted by Gasteiger charge is -2.17. The molecule has 20 heavy (non-hydrogen) atoms. The topological polar surface area (TPSA) is 49.3 Å². The van der Waals surface area contributed by atoms with Crippen molar-refractivity contribution in [3.8, 4) is 0 Å². The number of alkyl halides is 3. The summed E-state index contributed by atoms with van der Waals surface area (Å²) in [6, 6.07) is 2.67. The van der Waals surface area contributed by atoms with E-state index in [1.807, 2.05) is 13.8 Å². The highest BCUT2D eigenvalue weighted by Gasteiger charge is 2.31. The molecule has 1 atom stereocenters. The lowest BCUT2D eigenvalue weighted by Crippen LogP contribution is -2.20. The van der Waals surface area contributed by atoms with Gasteiger partial charge in [-0.15, -0.1) is 0 Å². The standard InChI is InChI=1S/C13H16F3NO2S/c1-3-20-7-8(2)17-11-5-4-9(13(14,15)16)6-10(11)12(18)19/h4-6,8,17H,3,7H2,1-2H3,(H,18,19).